The number of amides is 3. The Morgan fingerprint density at radius 1 is 1.30 bits per heavy atom. The lowest BCUT2D eigenvalue weighted by Crippen LogP contribution is -2.48. The van der Waals surface area contributed by atoms with Gasteiger partial charge in [0.25, 0.3) is 5.91 Å². The number of likely N-dealkylation sites (tertiary alicyclic amines) is 1. The number of hydrazine groups is 1. The summed E-state index contributed by atoms with van der Waals surface area (Å²) in [7, 11) is 1.50. The van der Waals surface area contributed by atoms with Crippen molar-refractivity contribution in [2.45, 2.75) is 25.8 Å². The number of methoxy groups -OCH3 is 1. The van der Waals surface area contributed by atoms with E-state index in [-0.39, 0.29) is 30.7 Å². The molecular weight excluding hydrogens is 298 g/mol. The molecule has 1 unspecified atom stereocenters. The summed E-state index contributed by atoms with van der Waals surface area (Å²) in [5.41, 5.74) is 6.76. The van der Waals surface area contributed by atoms with Gasteiger partial charge in [0.1, 0.15) is 6.04 Å². The van der Waals surface area contributed by atoms with Crippen LogP contribution < -0.4 is 10.9 Å². The fourth-order valence-corrected chi connectivity index (χ4v) is 2.33. The molecule has 7 heteroatoms. The third-order valence-corrected chi connectivity index (χ3v) is 3.75. The number of hydrogen-bond acceptors (Lipinski definition) is 5. The van der Waals surface area contributed by atoms with Crippen molar-refractivity contribution in [1.82, 2.24) is 15.8 Å². The average Bonchev–Trinajstić information content (AvgIpc) is 2.84. The van der Waals surface area contributed by atoms with Gasteiger partial charge in [-0.15, -0.1) is 0 Å². The van der Waals surface area contributed by atoms with E-state index in [9.17, 15) is 14.4 Å². The maximum atomic E-state index is 12.1. The van der Waals surface area contributed by atoms with E-state index >= 15 is 0 Å². The predicted molar refractivity (Wildman–Crippen MR) is 83.4 cm³/mol. The number of nitrogens with one attached hydrogen (secondary N) is 2. The standard InChI is InChI=1S/C16H21N3O4/c1-3-11-4-6-12(7-5-11)15(21)18-17-13-10-14(20)19(16(13)22)8-9-23-2/h4-7,13,17H,3,8-10H2,1-2H3,(H,18,21). The van der Waals surface area contributed by atoms with Crippen molar-refractivity contribution >= 4 is 17.7 Å². The van der Waals surface area contributed by atoms with Crippen LogP contribution in [0.1, 0.15) is 29.3 Å². The van der Waals surface area contributed by atoms with Gasteiger partial charge in [0.2, 0.25) is 11.8 Å². The van der Waals surface area contributed by atoms with E-state index in [1.54, 1.807) is 12.1 Å². The van der Waals surface area contributed by atoms with Crippen LogP contribution in [0.25, 0.3) is 0 Å². The maximum Gasteiger partial charge on any atom is 0.265 e. The number of rotatable bonds is 7. The molecule has 0 aliphatic carbocycles. The first-order valence-electron chi connectivity index (χ1n) is 7.54. The molecule has 2 rings (SSSR count). The lowest BCUT2D eigenvalue weighted by Gasteiger charge is -2.15. The molecule has 3 amide bonds. The van der Waals surface area contributed by atoms with E-state index in [2.05, 4.69) is 10.9 Å². The molecule has 0 aromatic heterocycles. The molecule has 124 valence electrons. The van der Waals surface area contributed by atoms with Crippen LogP contribution in [0.3, 0.4) is 0 Å². The zero-order valence-corrected chi connectivity index (χ0v) is 13.3. The van der Waals surface area contributed by atoms with Crippen LogP contribution in [0.5, 0.6) is 0 Å². The van der Waals surface area contributed by atoms with Crippen LogP contribution in [0.15, 0.2) is 24.3 Å². The van der Waals surface area contributed by atoms with Crippen LogP contribution >= 0.6 is 0 Å². The molecule has 1 fully saturated rings. The Morgan fingerprint density at radius 3 is 2.61 bits per heavy atom. The summed E-state index contributed by atoms with van der Waals surface area (Å²) in [5, 5.41) is 0. The normalized spacial score (nSPS) is 17.7. The second kappa shape index (κ2) is 7.85. The minimum absolute atomic E-state index is 0.0254. The Hall–Kier alpha value is -2.25. The van der Waals surface area contributed by atoms with Gasteiger partial charge in [0.15, 0.2) is 0 Å². The largest absolute Gasteiger partial charge is 0.383 e. The molecule has 0 radical (unpaired) electrons. The molecule has 23 heavy (non-hydrogen) atoms. The highest BCUT2D eigenvalue weighted by Crippen LogP contribution is 2.12. The van der Waals surface area contributed by atoms with Crippen molar-refractivity contribution in [1.29, 1.82) is 0 Å². The second-order valence-corrected chi connectivity index (χ2v) is 5.28. The van der Waals surface area contributed by atoms with Crippen LogP contribution in [-0.2, 0) is 20.7 Å². The van der Waals surface area contributed by atoms with Crippen LogP contribution in [0.4, 0.5) is 0 Å². The Balaban J connectivity index is 1.88. The molecular formula is C16H21N3O4. The van der Waals surface area contributed by atoms with E-state index in [0.29, 0.717) is 12.2 Å². The zero-order chi connectivity index (χ0) is 16.8. The quantitative estimate of drug-likeness (QED) is 0.556. The number of imide groups is 1. The first-order chi connectivity index (χ1) is 11.1. The van der Waals surface area contributed by atoms with E-state index in [0.717, 1.165) is 16.9 Å². The summed E-state index contributed by atoms with van der Waals surface area (Å²) in [4.78, 5) is 37.1. The third-order valence-electron chi connectivity index (χ3n) is 3.75. The minimum Gasteiger partial charge on any atom is -0.383 e. The topological polar surface area (TPSA) is 87.7 Å². The smallest absolute Gasteiger partial charge is 0.265 e. The molecule has 1 aromatic rings. The molecule has 2 N–H and O–H groups in total. The molecule has 1 saturated heterocycles. The second-order valence-electron chi connectivity index (χ2n) is 5.28. The summed E-state index contributed by atoms with van der Waals surface area (Å²) in [6, 6.07) is 6.47. The summed E-state index contributed by atoms with van der Waals surface area (Å²) in [6.07, 6.45) is 0.924. The van der Waals surface area contributed by atoms with Gasteiger partial charge in [0.05, 0.1) is 19.6 Å². The lowest BCUT2D eigenvalue weighted by molar-refractivity contribution is -0.139. The Kier molecular flexibility index (Phi) is 5.84. The molecule has 1 heterocycles. The first-order valence-corrected chi connectivity index (χ1v) is 7.54. The van der Waals surface area contributed by atoms with Crippen molar-refractivity contribution in [2.75, 3.05) is 20.3 Å². The highest BCUT2D eigenvalue weighted by atomic mass is 16.5. The Labute approximate surface area is 135 Å². The fraction of sp³-hybridized carbons (Fsp3) is 0.438. The Morgan fingerprint density at radius 2 is 2.00 bits per heavy atom. The number of carbonyl (C=O) groups excluding carboxylic acids is 3. The number of aryl methyl sites for hydroxylation is 1. The highest BCUT2D eigenvalue weighted by Gasteiger charge is 2.38. The van der Waals surface area contributed by atoms with Gasteiger partial charge < -0.3 is 4.74 Å². The maximum absolute atomic E-state index is 12.1. The number of benzene rings is 1. The number of ether oxygens (including phenoxy) is 1. The van der Waals surface area contributed by atoms with Crippen molar-refractivity contribution in [2.24, 2.45) is 0 Å². The molecule has 7 nitrogen and oxygen atoms in total. The number of hydrogen-bond donors (Lipinski definition) is 2. The molecule has 1 aliphatic heterocycles. The average molecular weight is 319 g/mol. The number of nitrogens with zero attached hydrogens (tertiary/aromatic N) is 1. The molecule has 1 atom stereocenters. The van der Waals surface area contributed by atoms with Gasteiger partial charge in [-0.3, -0.25) is 24.7 Å². The zero-order valence-electron chi connectivity index (χ0n) is 13.3. The van der Waals surface area contributed by atoms with Gasteiger partial charge >= 0.3 is 0 Å². The van der Waals surface area contributed by atoms with Crippen LogP contribution in [0, 0.1) is 0 Å². The summed E-state index contributed by atoms with van der Waals surface area (Å²) in [5.74, 6) is -0.969. The van der Waals surface area contributed by atoms with Gasteiger partial charge in [-0.05, 0) is 24.1 Å². The summed E-state index contributed by atoms with van der Waals surface area (Å²) < 4.78 is 4.87. The van der Waals surface area contributed by atoms with Crippen molar-refractivity contribution in [3.8, 4) is 0 Å². The molecule has 0 bridgehead atoms. The van der Waals surface area contributed by atoms with Crippen molar-refractivity contribution in [3.63, 3.8) is 0 Å². The first kappa shape index (κ1) is 17.1. The number of carbonyl (C=O) groups is 3. The fourth-order valence-electron chi connectivity index (χ4n) is 2.33. The SMILES string of the molecule is CCc1ccc(C(=O)NNC2CC(=O)N(CCOC)C2=O)cc1. The van der Waals surface area contributed by atoms with Gasteiger partial charge in [-0.2, -0.15) is 0 Å². The monoisotopic (exact) mass is 319 g/mol. The predicted octanol–water partition coefficient (Wildman–Crippen LogP) is 0.257. The van der Waals surface area contributed by atoms with Gasteiger partial charge in [-0.1, -0.05) is 19.1 Å². The molecule has 0 spiro atoms. The Bertz CT molecular complexity index is 585. The molecule has 1 aromatic carbocycles. The molecule has 1 aliphatic rings. The van der Waals surface area contributed by atoms with E-state index in [1.165, 1.54) is 7.11 Å². The van der Waals surface area contributed by atoms with E-state index in [4.69, 9.17) is 4.74 Å². The van der Waals surface area contributed by atoms with Gasteiger partial charge in [-0.25, -0.2) is 5.43 Å². The van der Waals surface area contributed by atoms with Crippen LogP contribution in [-0.4, -0.2) is 48.9 Å². The summed E-state index contributed by atoms with van der Waals surface area (Å²) in [6.45, 7) is 2.55. The highest BCUT2D eigenvalue weighted by molar-refractivity contribution is 6.05. The lowest BCUT2D eigenvalue weighted by atomic mass is 10.1. The minimum atomic E-state index is -0.738. The van der Waals surface area contributed by atoms with Crippen molar-refractivity contribution in [3.05, 3.63) is 35.4 Å². The molecule has 0 saturated carbocycles. The summed E-state index contributed by atoms with van der Waals surface area (Å²) >= 11 is 0. The van der Waals surface area contributed by atoms with E-state index < -0.39 is 6.04 Å². The van der Waals surface area contributed by atoms with Crippen LogP contribution in [0.2, 0.25) is 0 Å². The van der Waals surface area contributed by atoms with Gasteiger partial charge in [0, 0.05) is 12.7 Å². The third kappa shape index (κ3) is 4.14. The van der Waals surface area contributed by atoms with E-state index in [1.807, 2.05) is 19.1 Å². The van der Waals surface area contributed by atoms with Crippen molar-refractivity contribution < 1.29 is 19.1 Å².